The van der Waals surface area contributed by atoms with Crippen molar-refractivity contribution in [3.63, 3.8) is 0 Å². The molecule has 0 bridgehead atoms. The topological polar surface area (TPSA) is 9.23 Å². The lowest BCUT2D eigenvalue weighted by molar-refractivity contribution is -0.0522. The molecule has 1 unspecified atom stereocenters. The van der Waals surface area contributed by atoms with Crippen molar-refractivity contribution in [3.05, 3.63) is 29.1 Å². The lowest BCUT2D eigenvalue weighted by Gasteiger charge is -2.41. The van der Waals surface area contributed by atoms with E-state index in [0.29, 0.717) is 5.92 Å². The number of rotatable bonds is 6. The summed E-state index contributed by atoms with van der Waals surface area (Å²) in [5.41, 5.74) is 1.99. The maximum atomic E-state index is 14.2. The molecule has 2 saturated carbocycles. The number of hydrogen-bond acceptors (Lipinski definition) is 1. The van der Waals surface area contributed by atoms with Crippen molar-refractivity contribution < 1.29 is 17.9 Å². The summed E-state index contributed by atoms with van der Waals surface area (Å²) >= 11 is 0. The van der Waals surface area contributed by atoms with E-state index in [1.165, 1.54) is 76.3 Å². The SMILES string of the molecule is CCCC1CCC(C2CCC(C3CCc4cc(OC(F)F)c(F)cc4C3)CC2)CC1. The number of halogens is 3. The Kier molecular flexibility index (Phi) is 7.31. The summed E-state index contributed by atoms with van der Waals surface area (Å²) in [6.45, 7) is -0.674. The summed E-state index contributed by atoms with van der Waals surface area (Å²) in [6.07, 6.45) is 16.7. The molecule has 0 heterocycles. The largest absolute Gasteiger partial charge is 0.432 e. The highest BCUT2D eigenvalue weighted by atomic mass is 19.3. The summed E-state index contributed by atoms with van der Waals surface area (Å²) in [5.74, 6) is 3.25. The summed E-state index contributed by atoms with van der Waals surface area (Å²) in [5, 5.41) is 0. The third kappa shape index (κ3) is 5.16. The molecular weight excluding hydrogens is 385 g/mol. The van der Waals surface area contributed by atoms with Crippen LogP contribution in [0.2, 0.25) is 0 Å². The van der Waals surface area contributed by atoms with E-state index in [4.69, 9.17) is 0 Å². The molecular formula is C26H37F3O. The van der Waals surface area contributed by atoms with Crippen molar-refractivity contribution in [1.29, 1.82) is 0 Å². The first-order chi connectivity index (χ1) is 14.5. The standard InChI is InChI=1S/C26H37F3O/c1-2-3-17-4-6-18(7-5-17)19-8-10-20(11-9-19)21-12-13-22-16-25(30-26(28)29)24(27)15-23(22)14-21/h15-21,26H,2-14H2,1H3. The van der Waals surface area contributed by atoms with Crippen LogP contribution in [0.3, 0.4) is 0 Å². The van der Waals surface area contributed by atoms with E-state index in [1.54, 1.807) is 0 Å². The van der Waals surface area contributed by atoms with Gasteiger partial charge in [-0.2, -0.15) is 8.78 Å². The molecule has 4 heteroatoms. The zero-order valence-corrected chi connectivity index (χ0v) is 18.4. The van der Waals surface area contributed by atoms with Gasteiger partial charge >= 0.3 is 6.61 Å². The van der Waals surface area contributed by atoms with E-state index >= 15 is 0 Å². The molecule has 0 saturated heterocycles. The van der Waals surface area contributed by atoms with Crippen LogP contribution in [0.5, 0.6) is 5.75 Å². The molecule has 0 aromatic heterocycles. The fraction of sp³-hybridized carbons (Fsp3) is 0.769. The van der Waals surface area contributed by atoms with E-state index in [-0.39, 0.29) is 5.75 Å². The predicted molar refractivity (Wildman–Crippen MR) is 114 cm³/mol. The third-order valence-electron chi connectivity index (χ3n) is 8.47. The van der Waals surface area contributed by atoms with Crippen LogP contribution in [0, 0.1) is 35.4 Å². The molecule has 0 aliphatic heterocycles. The van der Waals surface area contributed by atoms with Crippen LogP contribution in [-0.4, -0.2) is 6.61 Å². The van der Waals surface area contributed by atoms with Gasteiger partial charge in [0.1, 0.15) is 0 Å². The molecule has 1 aromatic rings. The Morgan fingerprint density at radius 2 is 1.43 bits per heavy atom. The maximum Gasteiger partial charge on any atom is 0.387 e. The van der Waals surface area contributed by atoms with E-state index < -0.39 is 12.4 Å². The average Bonchev–Trinajstić information content (AvgIpc) is 2.75. The Balaban J connectivity index is 1.29. The minimum atomic E-state index is -2.98. The van der Waals surface area contributed by atoms with Crippen molar-refractivity contribution in [2.24, 2.45) is 29.6 Å². The quantitative estimate of drug-likeness (QED) is 0.452. The Labute approximate surface area is 179 Å². The molecule has 3 aliphatic carbocycles. The first-order valence-corrected chi connectivity index (χ1v) is 12.3. The highest BCUT2D eigenvalue weighted by Crippen LogP contribution is 2.45. The number of hydrogen-bond donors (Lipinski definition) is 0. The first-order valence-electron chi connectivity index (χ1n) is 12.3. The van der Waals surface area contributed by atoms with Gasteiger partial charge in [-0.15, -0.1) is 0 Å². The normalized spacial score (nSPS) is 32.1. The molecule has 1 atom stereocenters. The van der Waals surface area contributed by atoms with Gasteiger partial charge in [-0.1, -0.05) is 32.6 Å². The minimum absolute atomic E-state index is 0.309. The average molecular weight is 423 g/mol. The van der Waals surface area contributed by atoms with Crippen LogP contribution < -0.4 is 4.74 Å². The van der Waals surface area contributed by atoms with Crippen LogP contribution in [0.4, 0.5) is 13.2 Å². The predicted octanol–water partition coefficient (Wildman–Crippen LogP) is 7.94. The Bertz CT molecular complexity index is 688. The summed E-state index contributed by atoms with van der Waals surface area (Å²) < 4.78 is 43.5. The Morgan fingerprint density at radius 3 is 2.03 bits per heavy atom. The minimum Gasteiger partial charge on any atom is -0.432 e. The third-order valence-corrected chi connectivity index (χ3v) is 8.47. The van der Waals surface area contributed by atoms with Gasteiger partial charge in [0.15, 0.2) is 11.6 Å². The van der Waals surface area contributed by atoms with E-state index in [9.17, 15) is 13.2 Å². The molecule has 1 aromatic carbocycles. The first kappa shape index (κ1) is 22.0. The fourth-order valence-electron chi connectivity index (χ4n) is 6.82. The van der Waals surface area contributed by atoms with Gasteiger partial charge in [-0.3, -0.25) is 0 Å². The molecule has 3 aliphatic rings. The van der Waals surface area contributed by atoms with Gasteiger partial charge in [0.25, 0.3) is 0 Å². The van der Waals surface area contributed by atoms with Crippen molar-refractivity contribution in [3.8, 4) is 5.75 Å². The van der Waals surface area contributed by atoms with Gasteiger partial charge in [0.2, 0.25) is 0 Å². The summed E-state index contributed by atoms with van der Waals surface area (Å²) in [4.78, 5) is 0. The molecule has 0 spiro atoms. The zero-order valence-electron chi connectivity index (χ0n) is 18.4. The Morgan fingerprint density at radius 1 is 0.833 bits per heavy atom. The second-order valence-corrected chi connectivity index (χ2v) is 10.2. The van der Waals surface area contributed by atoms with Gasteiger partial charge in [-0.05, 0) is 111 Å². The highest BCUT2D eigenvalue weighted by molar-refractivity contribution is 5.39. The summed E-state index contributed by atoms with van der Waals surface area (Å²) in [6, 6.07) is 2.94. The number of alkyl halides is 2. The van der Waals surface area contributed by atoms with Gasteiger partial charge in [-0.25, -0.2) is 4.39 Å². The van der Waals surface area contributed by atoms with Crippen molar-refractivity contribution >= 4 is 0 Å². The lowest BCUT2D eigenvalue weighted by atomic mass is 9.65. The number of benzene rings is 1. The maximum absolute atomic E-state index is 14.2. The summed E-state index contributed by atoms with van der Waals surface area (Å²) in [7, 11) is 0. The molecule has 4 rings (SSSR count). The van der Waals surface area contributed by atoms with E-state index in [2.05, 4.69) is 11.7 Å². The lowest BCUT2D eigenvalue weighted by Crippen LogP contribution is -2.30. The van der Waals surface area contributed by atoms with Crippen molar-refractivity contribution in [1.82, 2.24) is 0 Å². The fourth-order valence-corrected chi connectivity index (χ4v) is 6.82. The number of aryl methyl sites for hydroxylation is 1. The zero-order chi connectivity index (χ0) is 21.1. The molecule has 30 heavy (non-hydrogen) atoms. The monoisotopic (exact) mass is 422 g/mol. The molecule has 0 radical (unpaired) electrons. The second-order valence-electron chi connectivity index (χ2n) is 10.2. The van der Waals surface area contributed by atoms with Crippen LogP contribution in [0.1, 0.15) is 88.7 Å². The highest BCUT2D eigenvalue weighted by Gasteiger charge is 2.34. The van der Waals surface area contributed by atoms with Gasteiger partial charge in [0.05, 0.1) is 0 Å². The Hall–Kier alpha value is -1.19. The van der Waals surface area contributed by atoms with Gasteiger partial charge in [0, 0.05) is 0 Å². The van der Waals surface area contributed by atoms with Crippen LogP contribution in [0.25, 0.3) is 0 Å². The van der Waals surface area contributed by atoms with Crippen LogP contribution >= 0.6 is 0 Å². The molecule has 2 fully saturated rings. The smallest absolute Gasteiger partial charge is 0.387 e. The molecule has 0 N–H and O–H groups in total. The van der Waals surface area contributed by atoms with Gasteiger partial charge < -0.3 is 4.74 Å². The molecule has 0 amide bonds. The molecule has 1 nitrogen and oxygen atoms in total. The van der Waals surface area contributed by atoms with E-state index in [1.807, 2.05) is 0 Å². The van der Waals surface area contributed by atoms with Crippen molar-refractivity contribution in [2.75, 3.05) is 0 Å². The second kappa shape index (κ2) is 9.96. The van der Waals surface area contributed by atoms with Crippen molar-refractivity contribution in [2.45, 2.75) is 97.0 Å². The number of fused-ring (bicyclic) bond motifs is 1. The van der Waals surface area contributed by atoms with Crippen LogP contribution in [-0.2, 0) is 12.8 Å². The van der Waals surface area contributed by atoms with E-state index in [0.717, 1.165) is 54.1 Å². The number of ether oxygens (including phenoxy) is 1. The van der Waals surface area contributed by atoms with Crippen LogP contribution in [0.15, 0.2) is 12.1 Å². The molecule has 168 valence electrons.